The summed E-state index contributed by atoms with van der Waals surface area (Å²) in [6.45, 7) is 2.09. The van der Waals surface area contributed by atoms with Gasteiger partial charge in [-0.15, -0.1) is 0 Å². The van der Waals surface area contributed by atoms with E-state index in [9.17, 15) is 0 Å². The first-order chi connectivity index (χ1) is 6.83. The van der Waals surface area contributed by atoms with E-state index in [0.29, 0.717) is 0 Å². The molecule has 1 aromatic heterocycles. The normalized spacial score (nSPS) is 13.0. The van der Waals surface area contributed by atoms with E-state index in [1.165, 1.54) is 5.39 Å². The predicted molar refractivity (Wildman–Crippen MR) is 59.0 cm³/mol. The lowest BCUT2D eigenvalue weighted by Gasteiger charge is -2.11. The van der Waals surface area contributed by atoms with E-state index in [2.05, 4.69) is 24.0 Å². The van der Waals surface area contributed by atoms with E-state index in [4.69, 9.17) is 5.73 Å². The first-order valence-electron chi connectivity index (χ1n) is 4.91. The molecule has 2 heteroatoms. The van der Waals surface area contributed by atoms with Gasteiger partial charge in [-0.05, 0) is 17.4 Å². The Morgan fingerprint density at radius 2 is 2.07 bits per heavy atom. The number of aromatic nitrogens is 1. The molecule has 2 N–H and O–H groups in total. The van der Waals surface area contributed by atoms with Gasteiger partial charge in [-0.1, -0.05) is 31.2 Å². The zero-order chi connectivity index (χ0) is 9.97. The molecule has 0 aliphatic carbocycles. The third-order valence-corrected chi connectivity index (χ3v) is 2.54. The van der Waals surface area contributed by atoms with Crippen LogP contribution in [0, 0.1) is 0 Å². The second-order valence-electron chi connectivity index (χ2n) is 3.46. The molecule has 2 nitrogen and oxygen atoms in total. The van der Waals surface area contributed by atoms with E-state index in [0.717, 1.165) is 17.4 Å². The van der Waals surface area contributed by atoms with Crippen LogP contribution >= 0.6 is 0 Å². The lowest BCUT2D eigenvalue weighted by atomic mass is 10.0. The van der Waals surface area contributed by atoms with Gasteiger partial charge in [-0.3, -0.25) is 4.98 Å². The van der Waals surface area contributed by atoms with Crippen molar-refractivity contribution < 1.29 is 0 Å². The first-order valence-corrected chi connectivity index (χ1v) is 4.91. The maximum Gasteiger partial charge on any atom is 0.0346 e. The van der Waals surface area contributed by atoms with Gasteiger partial charge in [0.1, 0.15) is 0 Å². The Kier molecular flexibility index (Phi) is 2.46. The minimum Gasteiger partial charge on any atom is -0.324 e. The van der Waals surface area contributed by atoms with Crippen molar-refractivity contribution in [3.8, 4) is 0 Å². The molecule has 0 saturated carbocycles. The van der Waals surface area contributed by atoms with E-state index in [-0.39, 0.29) is 6.04 Å². The number of fused-ring (bicyclic) bond motifs is 1. The van der Waals surface area contributed by atoms with E-state index < -0.39 is 0 Å². The van der Waals surface area contributed by atoms with Crippen molar-refractivity contribution in [1.82, 2.24) is 4.98 Å². The first kappa shape index (κ1) is 9.16. The Balaban J connectivity index is 2.65. The zero-order valence-corrected chi connectivity index (χ0v) is 8.27. The summed E-state index contributed by atoms with van der Waals surface area (Å²) in [6.07, 6.45) is 4.69. The fourth-order valence-electron chi connectivity index (χ4n) is 1.66. The summed E-state index contributed by atoms with van der Waals surface area (Å²) in [5.74, 6) is 0. The van der Waals surface area contributed by atoms with Crippen molar-refractivity contribution in [2.75, 3.05) is 0 Å². The van der Waals surface area contributed by atoms with Crippen LogP contribution in [0.3, 0.4) is 0 Å². The molecule has 0 aliphatic rings. The van der Waals surface area contributed by atoms with Crippen LogP contribution in [0.25, 0.3) is 10.8 Å². The van der Waals surface area contributed by atoms with Crippen LogP contribution in [0.2, 0.25) is 0 Å². The van der Waals surface area contributed by atoms with Gasteiger partial charge in [0.05, 0.1) is 0 Å². The minimum atomic E-state index is 0.0913. The van der Waals surface area contributed by atoms with Gasteiger partial charge in [-0.25, -0.2) is 0 Å². The molecular formula is C12H14N2. The lowest BCUT2D eigenvalue weighted by Crippen LogP contribution is -2.09. The number of pyridine rings is 1. The lowest BCUT2D eigenvalue weighted by molar-refractivity contribution is 0.701. The molecule has 0 unspecified atom stereocenters. The second-order valence-corrected chi connectivity index (χ2v) is 3.46. The summed E-state index contributed by atoms with van der Waals surface area (Å²) in [5, 5.41) is 2.38. The summed E-state index contributed by atoms with van der Waals surface area (Å²) in [6, 6.07) is 8.31. The van der Waals surface area contributed by atoms with Crippen LogP contribution in [-0.4, -0.2) is 4.98 Å². The third kappa shape index (κ3) is 1.49. The molecule has 0 saturated heterocycles. The van der Waals surface area contributed by atoms with Gasteiger partial charge in [0, 0.05) is 23.8 Å². The Labute approximate surface area is 83.8 Å². The van der Waals surface area contributed by atoms with E-state index >= 15 is 0 Å². The van der Waals surface area contributed by atoms with E-state index in [1.807, 2.05) is 24.5 Å². The molecule has 0 bridgehead atoms. The Morgan fingerprint density at radius 3 is 2.86 bits per heavy atom. The predicted octanol–water partition coefficient (Wildman–Crippen LogP) is 2.64. The van der Waals surface area contributed by atoms with Gasteiger partial charge in [0.25, 0.3) is 0 Å². The Morgan fingerprint density at radius 1 is 1.29 bits per heavy atom. The van der Waals surface area contributed by atoms with Crippen molar-refractivity contribution in [1.29, 1.82) is 0 Å². The number of nitrogens with zero attached hydrogens (tertiary/aromatic N) is 1. The van der Waals surface area contributed by atoms with Crippen LogP contribution in [0.1, 0.15) is 24.9 Å². The molecule has 0 amide bonds. The number of hydrogen-bond acceptors (Lipinski definition) is 2. The second kappa shape index (κ2) is 3.76. The Bertz CT molecular complexity index is 432. The van der Waals surface area contributed by atoms with Gasteiger partial charge in [0.2, 0.25) is 0 Å². The van der Waals surface area contributed by atoms with Gasteiger partial charge in [0.15, 0.2) is 0 Å². The smallest absolute Gasteiger partial charge is 0.0346 e. The third-order valence-electron chi connectivity index (χ3n) is 2.54. The molecule has 0 spiro atoms. The number of hydrogen-bond donors (Lipinski definition) is 1. The van der Waals surface area contributed by atoms with Gasteiger partial charge < -0.3 is 5.73 Å². The summed E-state index contributed by atoms with van der Waals surface area (Å²) in [5.41, 5.74) is 7.16. The highest BCUT2D eigenvalue weighted by Gasteiger charge is 2.07. The van der Waals surface area contributed by atoms with Crippen LogP contribution in [0.4, 0.5) is 0 Å². The molecule has 1 aromatic carbocycles. The van der Waals surface area contributed by atoms with Crippen molar-refractivity contribution in [3.63, 3.8) is 0 Å². The fourth-order valence-corrected chi connectivity index (χ4v) is 1.66. The minimum absolute atomic E-state index is 0.0913. The number of rotatable bonds is 2. The fraction of sp³-hybridized carbons (Fsp3) is 0.250. The summed E-state index contributed by atoms with van der Waals surface area (Å²) in [4.78, 5) is 4.20. The van der Waals surface area contributed by atoms with Crippen molar-refractivity contribution >= 4 is 10.8 Å². The molecule has 14 heavy (non-hydrogen) atoms. The molecular weight excluding hydrogens is 172 g/mol. The largest absolute Gasteiger partial charge is 0.324 e. The molecule has 0 radical (unpaired) electrons. The van der Waals surface area contributed by atoms with Crippen molar-refractivity contribution in [2.45, 2.75) is 19.4 Å². The monoisotopic (exact) mass is 186 g/mol. The quantitative estimate of drug-likeness (QED) is 0.783. The Hall–Kier alpha value is -1.41. The molecule has 2 rings (SSSR count). The highest BCUT2D eigenvalue weighted by molar-refractivity contribution is 5.84. The van der Waals surface area contributed by atoms with Crippen LogP contribution in [0.15, 0.2) is 36.7 Å². The van der Waals surface area contributed by atoms with Crippen molar-refractivity contribution in [3.05, 3.63) is 42.2 Å². The molecule has 2 aromatic rings. The van der Waals surface area contributed by atoms with Gasteiger partial charge >= 0.3 is 0 Å². The number of benzene rings is 1. The van der Waals surface area contributed by atoms with Crippen LogP contribution in [-0.2, 0) is 0 Å². The average Bonchev–Trinajstić information content (AvgIpc) is 2.27. The summed E-state index contributed by atoms with van der Waals surface area (Å²) < 4.78 is 0. The summed E-state index contributed by atoms with van der Waals surface area (Å²) >= 11 is 0. The highest BCUT2D eigenvalue weighted by atomic mass is 14.7. The average molecular weight is 186 g/mol. The number of nitrogens with two attached hydrogens (primary N) is 1. The molecule has 72 valence electrons. The maximum absolute atomic E-state index is 6.02. The highest BCUT2D eigenvalue weighted by Crippen LogP contribution is 2.22. The van der Waals surface area contributed by atoms with Crippen molar-refractivity contribution in [2.24, 2.45) is 5.73 Å². The standard InChI is InChI=1S/C12H14N2/c1-2-12(13)11-8-14-7-9-5-3-4-6-10(9)11/h3-8,12H,2,13H2,1H3/t12-/m0/s1. The van der Waals surface area contributed by atoms with Crippen LogP contribution < -0.4 is 5.73 Å². The topological polar surface area (TPSA) is 38.9 Å². The SMILES string of the molecule is CC[C@H](N)c1cncc2ccccc12. The zero-order valence-electron chi connectivity index (χ0n) is 8.27. The van der Waals surface area contributed by atoms with Gasteiger partial charge in [-0.2, -0.15) is 0 Å². The molecule has 1 atom stereocenters. The molecule has 0 aliphatic heterocycles. The summed E-state index contributed by atoms with van der Waals surface area (Å²) in [7, 11) is 0. The van der Waals surface area contributed by atoms with E-state index in [1.54, 1.807) is 0 Å². The van der Waals surface area contributed by atoms with Crippen LogP contribution in [0.5, 0.6) is 0 Å². The molecule has 0 fully saturated rings. The maximum atomic E-state index is 6.02. The molecule has 1 heterocycles.